The summed E-state index contributed by atoms with van der Waals surface area (Å²) in [6.45, 7) is 1.67. The molecule has 1 aromatic heterocycles. The van der Waals surface area contributed by atoms with Crippen LogP contribution in [0.25, 0.3) is 0 Å². The molecule has 0 unspecified atom stereocenters. The van der Waals surface area contributed by atoms with Crippen molar-refractivity contribution in [2.75, 3.05) is 7.05 Å². The summed E-state index contributed by atoms with van der Waals surface area (Å²) in [5.74, 6) is 0. The molecular formula is C15H17Cl2N3. The van der Waals surface area contributed by atoms with Gasteiger partial charge in [0, 0.05) is 35.4 Å². The zero-order valence-corrected chi connectivity index (χ0v) is 12.9. The molecule has 0 saturated heterocycles. The van der Waals surface area contributed by atoms with E-state index in [-0.39, 0.29) is 0 Å². The topological polar surface area (TPSA) is 21.1 Å². The molecule has 3 rings (SSSR count). The van der Waals surface area contributed by atoms with Crippen LogP contribution in [0.5, 0.6) is 0 Å². The van der Waals surface area contributed by atoms with Gasteiger partial charge in [-0.25, -0.2) is 4.98 Å². The summed E-state index contributed by atoms with van der Waals surface area (Å²) in [7, 11) is 2.09. The van der Waals surface area contributed by atoms with E-state index in [9.17, 15) is 0 Å². The van der Waals surface area contributed by atoms with Crippen molar-refractivity contribution >= 4 is 23.2 Å². The van der Waals surface area contributed by atoms with E-state index in [1.165, 1.54) is 18.5 Å². The number of aromatic nitrogens is 2. The molecule has 0 spiro atoms. The molecule has 0 bridgehead atoms. The average Bonchev–Trinajstić information content (AvgIpc) is 3.14. The van der Waals surface area contributed by atoms with Gasteiger partial charge >= 0.3 is 0 Å². The number of halogens is 2. The Balaban J connectivity index is 1.67. The number of imidazole rings is 1. The fraction of sp³-hybridized carbons (Fsp3) is 0.400. The second kappa shape index (κ2) is 5.76. The van der Waals surface area contributed by atoms with Crippen molar-refractivity contribution in [3.05, 3.63) is 52.0 Å². The van der Waals surface area contributed by atoms with Crippen LogP contribution >= 0.6 is 23.2 Å². The first-order valence-corrected chi connectivity index (χ1v) is 7.52. The molecule has 1 fully saturated rings. The third kappa shape index (κ3) is 3.17. The van der Waals surface area contributed by atoms with Crippen molar-refractivity contribution in [1.29, 1.82) is 0 Å². The molecule has 0 aliphatic heterocycles. The Labute approximate surface area is 129 Å². The minimum Gasteiger partial charge on any atom is -0.330 e. The maximum atomic E-state index is 6.22. The van der Waals surface area contributed by atoms with E-state index in [1.807, 2.05) is 24.7 Å². The van der Waals surface area contributed by atoms with Crippen molar-refractivity contribution in [2.24, 2.45) is 0 Å². The van der Waals surface area contributed by atoms with Crippen molar-refractivity contribution in [3.8, 4) is 0 Å². The number of nitrogens with zero attached hydrogens (tertiary/aromatic N) is 3. The van der Waals surface area contributed by atoms with Gasteiger partial charge in [0.05, 0.1) is 12.0 Å². The minimum absolute atomic E-state index is 0.667. The summed E-state index contributed by atoms with van der Waals surface area (Å²) in [4.78, 5) is 6.51. The fourth-order valence-electron chi connectivity index (χ4n) is 2.41. The lowest BCUT2D eigenvalue weighted by atomic mass is 10.2. The lowest BCUT2D eigenvalue weighted by molar-refractivity contribution is 0.309. The molecule has 1 saturated carbocycles. The highest BCUT2D eigenvalue weighted by atomic mass is 35.5. The summed E-state index contributed by atoms with van der Waals surface area (Å²) in [6, 6.07) is 6.32. The van der Waals surface area contributed by atoms with E-state index < -0.39 is 0 Å². The van der Waals surface area contributed by atoms with Gasteiger partial charge in [-0.05, 0) is 37.6 Å². The van der Waals surface area contributed by atoms with Crippen LogP contribution in [0.2, 0.25) is 10.0 Å². The van der Waals surface area contributed by atoms with Crippen LogP contribution in [0, 0.1) is 0 Å². The molecule has 1 heterocycles. The summed E-state index contributed by atoms with van der Waals surface area (Å²) < 4.78 is 2.29. The first-order valence-electron chi connectivity index (χ1n) is 6.76. The van der Waals surface area contributed by atoms with E-state index in [0.717, 1.165) is 23.7 Å². The van der Waals surface area contributed by atoms with Crippen LogP contribution in [-0.4, -0.2) is 21.5 Å². The van der Waals surface area contributed by atoms with Gasteiger partial charge in [0.2, 0.25) is 0 Å². The zero-order valence-electron chi connectivity index (χ0n) is 11.4. The molecule has 1 aliphatic rings. The molecule has 2 aromatic rings. The van der Waals surface area contributed by atoms with Crippen LogP contribution in [0.15, 0.2) is 30.7 Å². The Morgan fingerprint density at radius 2 is 2.10 bits per heavy atom. The molecule has 5 heteroatoms. The Bertz CT molecular complexity index is 605. The molecular weight excluding hydrogens is 293 g/mol. The molecule has 106 valence electrons. The fourth-order valence-corrected chi connectivity index (χ4v) is 2.88. The van der Waals surface area contributed by atoms with Crippen molar-refractivity contribution < 1.29 is 0 Å². The first-order chi connectivity index (χ1) is 9.63. The smallest absolute Gasteiger partial charge is 0.0951 e. The lowest BCUT2D eigenvalue weighted by Crippen LogP contribution is -2.19. The maximum absolute atomic E-state index is 6.22. The molecule has 0 amide bonds. The molecule has 20 heavy (non-hydrogen) atoms. The molecule has 3 nitrogen and oxygen atoms in total. The summed E-state index contributed by atoms with van der Waals surface area (Å²) in [5.41, 5.74) is 2.36. The van der Waals surface area contributed by atoms with Crippen LogP contribution in [0.3, 0.4) is 0 Å². The minimum atomic E-state index is 0.667. The Morgan fingerprint density at radius 3 is 2.80 bits per heavy atom. The number of rotatable bonds is 5. The maximum Gasteiger partial charge on any atom is 0.0951 e. The Morgan fingerprint density at radius 1 is 1.30 bits per heavy atom. The number of hydrogen-bond donors (Lipinski definition) is 0. The summed E-state index contributed by atoms with van der Waals surface area (Å²) >= 11 is 12.1. The van der Waals surface area contributed by atoms with Crippen molar-refractivity contribution in [2.45, 2.75) is 32.0 Å². The second-order valence-electron chi connectivity index (χ2n) is 5.43. The van der Waals surface area contributed by atoms with Crippen molar-refractivity contribution in [1.82, 2.24) is 14.5 Å². The normalized spacial score (nSPS) is 15.0. The molecule has 1 aromatic carbocycles. The molecule has 0 radical (unpaired) electrons. The number of benzene rings is 1. The summed E-state index contributed by atoms with van der Waals surface area (Å²) in [6.07, 6.45) is 6.45. The van der Waals surface area contributed by atoms with Gasteiger partial charge in [0.1, 0.15) is 0 Å². The third-order valence-electron chi connectivity index (χ3n) is 3.57. The van der Waals surface area contributed by atoms with Gasteiger partial charge in [-0.1, -0.05) is 29.3 Å². The number of hydrogen-bond acceptors (Lipinski definition) is 2. The van der Waals surface area contributed by atoms with Gasteiger partial charge in [-0.2, -0.15) is 0 Å². The molecule has 0 N–H and O–H groups in total. The highest BCUT2D eigenvalue weighted by Gasteiger charge is 2.25. The van der Waals surface area contributed by atoms with E-state index in [4.69, 9.17) is 23.2 Å². The Kier molecular flexibility index (Phi) is 4.01. The van der Waals surface area contributed by atoms with E-state index in [2.05, 4.69) is 21.5 Å². The average molecular weight is 310 g/mol. The highest BCUT2D eigenvalue weighted by molar-refractivity contribution is 6.35. The quantitative estimate of drug-likeness (QED) is 0.827. The second-order valence-corrected chi connectivity index (χ2v) is 6.28. The lowest BCUT2D eigenvalue weighted by Gasteiger charge is -2.18. The van der Waals surface area contributed by atoms with Gasteiger partial charge < -0.3 is 4.57 Å². The van der Waals surface area contributed by atoms with E-state index in [1.54, 1.807) is 6.07 Å². The van der Waals surface area contributed by atoms with Crippen LogP contribution in [0.1, 0.15) is 30.1 Å². The largest absolute Gasteiger partial charge is 0.330 e. The molecule has 0 atom stereocenters. The van der Waals surface area contributed by atoms with Crippen LogP contribution < -0.4 is 0 Å². The molecule has 1 aliphatic carbocycles. The third-order valence-corrected chi connectivity index (χ3v) is 4.16. The summed E-state index contributed by atoms with van der Waals surface area (Å²) in [5, 5.41) is 1.40. The van der Waals surface area contributed by atoms with Crippen LogP contribution in [-0.2, 0) is 13.1 Å². The van der Waals surface area contributed by atoms with Gasteiger partial charge in [-0.3, -0.25) is 4.90 Å². The first kappa shape index (κ1) is 13.9. The van der Waals surface area contributed by atoms with Gasteiger partial charge in [0.25, 0.3) is 0 Å². The zero-order chi connectivity index (χ0) is 14.1. The Hall–Kier alpha value is -1.03. The van der Waals surface area contributed by atoms with Gasteiger partial charge in [-0.15, -0.1) is 0 Å². The van der Waals surface area contributed by atoms with E-state index in [0.29, 0.717) is 11.1 Å². The van der Waals surface area contributed by atoms with Crippen LogP contribution in [0.4, 0.5) is 0 Å². The van der Waals surface area contributed by atoms with Crippen molar-refractivity contribution in [3.63, 3.8) is 0 Å². The monoisotopic (exact) mass is 309 g/mol. The highest BCUT2D eigenvalue weighted by Crippen LogP contribution is 2.35. The predicted octanol–water partition coefficient (Wildman–Crippen LogP) is 4.16. The predicted molar refractivity (Wildman–Crippen MR) is 82.1 cm³/mol. The van der Waals surface area contributed by atoms with E-state index >= 15 is 0 Å². The SMILES string of the molecule is CN(Cc1ccc(Cl)cc1Cl)Cc1cncn1C1CC1. The van der Waals surface area contributed by atoms with Gasteiger partial charge in [0.15, 0.2) is 0 Å². The standard InChI is InChI=1S/C15H17Cl2N3/c1-19(8-11-2-3-12(16)6-15(11)17)9-14-7-18-10-20(14)13-4-5-13/h2-3,6-7,10,13H,4-5,8-9H2,1H3.